The van der Waals surface area contributed by atoms with Crippen LogP contribution >= 0.6 is 0 Å². The second kappa shape index (κ2) is 8.85. The van der Waals surface area contributed by atoms with Gasteiger partial charge in [0.1, 0.15) is 12.0 Å². The van der Waals surface area contributed by atoms with Gasteiger partial charge in [0, 0.05) is 6.61 Å². The van der Waals surface area contributed by atoms with Crippen molar-refractivity contribution in [1.82, 2.24) is 5.32 Å². The standard InChI is InChI=1S/C16H25NO4/c1-19-16(18)13-10-15(21-12-13)11-17-8-5-9-20-14-6-3-2-4-7-14/h10,12,14,17H,2-9,11H2,1H3. The molecule has 0 aliphatic heterocycles. The molecule has 0 bridgehead atoms. The van der Waals surface area contributed by atoms with E-state index in [1.807, 2.05) is 0 Å². The molecule has 1 aliphatic rings. The van der Waals surface area contributed by atoms with Gasteiger partial charge in [-0.2, -0.15) is 0 Å². The number of furan rings is 1. The van der Waals surface area contributed by atoms with Crippen molar-refractivity contribution >= 4 is 5.97 Å². The number of ether oxygens (including phenoxy) is 2. The topological polar surface area (TPSA) is 60.7 Å². The second-order valence-corrected chi connectivity index (χ2v) is 5.45. The van der Waals surface area contributed by atoms with Crippen molar-refractivity contribution in [3.63, 3.8) is 0 Å². The molecular formula is C16H25NO4. The molecule has 5 nitrogen and oxygen atoms in total. The van der Waals surface area contributed by atoms with Crippen LogP contribution in [0.4, 0.5) is 0 Å². The zero-order chi connectivity index (χ0) is 14.9. The van der Waals surface area contributed by atoms with Crippen LogP contribution in [0.1, 0.15) is 54.6 Å². The number of rotatable bonds is 8. The van der Waals surface area contributed by atoms with Crippen LogP contribution in [0.2, 0.25) is 0 Å². The Labute approximate surface area is 126 Å². The van der Waals surface area contributed by atoms with Gasteiger partial charge in [-0.1, -0.05) is 19.3 Å². The summed E-state index contributed by atoms with van der Waals surface area (Å²) in [6, 6.07) is 1.71. The molecule has 1 aromatic rings. The first-order chi connectivity index (χ1) is 10.3. The second-order valence-electron chi connectivity index (χ2n) is 5.45. The number of hydrogen-bond donors (Lipinski definition) is 1. The van der Waals surface area contributed by atoms with E-state index in [2.05, 4.69) is 10.1 Å². The average Bonchev–Trinajstić information content (AvgIpc) is 3.00. The largest absolute Gasteiger partial charge is 0.467 e. The summed E-state index contributed by atoms with van der Waals surface area (Å²) >= 11 is 0. The minimum atomic E-state index is -0.370. The summed E-state index contributed by atoms with van der Waals surface area (Å²) in [5, 5.41) is 3.28. The predicted octanol–water partition coefficient (Wildman–Crippen LogP) is 2.90. The summed E-state index contributed by atoms with van der Waals surface area (Å²) in [6.07, 6.45) is 9.31. The third kappa shape index (κ3) is 5.52. The molecule has 1 aliphatic carbocycles. The quantitative estimate of drug-likeness (QED) is 0.590. The van der Waals surface area contributed by atoms with Gasteiger partial charge in [0.2, 0.25) is 0 Å². The Morgan fingerprint density at radius 1 is 1.38 bits per heavy atom. The van der Waals surface area contributed by atoms with Crippen molar-refractivity contribution in [2.24, 2.45) is 0 Å². The Morgan fingerprint density at radius 2 is 2.19 bits per heavy atom. The smallest absolute Gasteiger partial charge is 0.341 e. The average molecular weight is 295 g/mol. The Bertz CT molecular complexity index is 424. The SMILES string of the molecule is COC(=O)c1coc(CNCCCOC2CCCCC2)c1. The van der Waals surface area contributed by atoms with Crippen molar-refractivity contribution in [2.45, 2.75) is 51.2 Å². The molecule has 0 amide bonds. The molecule has 0 unspecified atom stereocenters. The van der Waals surface area contributed by atoms with Crippen molar-refractivity contribution in [2.75, 3.05) is 20.3 Å². The molecule has 0 saturated heterocycles. The Kier molecular flexibility index (Phi) is 6.76. The molecule has 1 heterocycles. The zero-order valence-corrected chi connectivity index (χ0v) is 12.7. The van der Waals surface area contributed by atoms with E-state index >= 15 is 0 Å². The van der Waals surface area contributed by atoms with E-state index in [1.165, 1.54) is 45.5 Å². The van der Waals surface area contributed by atoms with Crippen LogP contribution in [0.5, 0.6) is 0 Å². The van der Waals surface area contributed by atoms with Gasteiger partial charge in [-0.15, -0.1) is 0 Å². The Hall–Kier alpha value is -1.33. The van der Waals surface area contributed by atoms with E-state index in [-0.39, 0.29) is 5.97 Å². The molecule has 1 N–H and O–H groups in total. The molecule has 1 fully saturated rings. The van der Waals surface area contributed by atoms with Crippen molar-refractivity contribution in [1.29, 1.82) is 0 Å². The van der Waals surface area contributed by atoms with Gasteiger partial charge < -0.3 is 19.2 Å². The normalized spacial score (nSPS) is 16.0. The minimum absolute atomic E-state index is 0.370. The van der Waals surface area contributed by atoms with E-state index in [1.54, 1.807) is 6.07 Å². The molecular weight excluding hydrogens is 270 g/mol. The number of nitrogens with one attached hydrogen (secondary N) is 1. The van der Waals surface area contributed by atoms with E-state index in [9.17, 15) is 4.79 Å². The van der Waals surface area contributed by atoms with Gasteiger partial charge in [-0.3, -0.25) is 0 Å². The molecule has 5 heteroatoms. The fourth-order valence-corrected chi connectivity index (χ4v) is 2.59. The van der Waals surface area contributed by atoms with E-state index in [0.717, 1.165) is 25.3 Å². The first-order valence-electron chi connectivity index (χ1n) is 7.77. The highest BCUT2D eigenvalue weighted by atomic mass is 16.5. The van der Waals surface area contributed by atoms with Crippen molar-refractivity contribution in [3.8, 4) is 0 Å². The maximum absolute atomic E-state index is 11.3. The van der Waals surface area contributed by atoms with Crippen LogP contribution in [0, 0.1) is 0 Å². The molecule has 1 aromatic heterocycles. The van der Waals surface area contributed by atoms with Gasteiger partial charge in [0.15, 0.2) is 0 Å². The third-order valence-corrected chi connectivity index (χ3v) is 3.78. The Balaban J connectivity index is 1.53. The number of carbonyl (C=O) groups is 1. The lowest BCUT2D eigenvalue weighted by molar-refractivity contribution is 0.0272. The molecule has 118 valence electrons. The lowest BCUT2D eigenvalue weighted by Gasteiger charge is -2.21. The minimum Gasteiger partial charge on any atom is -0.467 e. The van der Waals surface area contributed by atoms with Crippen LogP contribution in [-0.4, -0.2) is 32.3 Å². The van der Waals surface area contributed by atoms with E-state index in [4.69, 9.17) is 9.15 Å². The maximum atomic E-state index is 11.3. The summed E-state index contributed by atoms with van der Waals surface area (Å²) in [5.41, 5.74) is 0.454. The van der Waals surface area contributed by atoms with Crippen LogP contribution in [0.15, 0.2) is 16.7 Å². The van der Waals surface area contributed by atoms with Crippen LogP contribution in [-0.2, 0) is 16.0 Å². The monoisotopic (exact) mass is 295 g/mol. The third-order valence-electron chi connectivity index (χ3n) is 3.78. The van der Waals surface area contributed by atoms with Crippen LogP contribution < -0.4 is 5.32 Å². The molecule has 21 heavy (non-hydrogen) atoms. The molecule has 0 spiro atoms. The van der Waals surface area contributed by atoms with Crippen molar-refractivity contribution in [3.05, 3.63) is 23.7 Å². The Morgan fingerprint density at radius 3 is 2.95 bits per heavy atom. The van der Waals surface area contributed by atoms with Gasteiger partial charge in [-0.25, -0.2) is 4.79 Å². The highest BCUT2D eigenvalue weighted by Gasteiger charge is 2.13. The maximum Gasteiger partial charge on any atom is 0.341 e. The predicted molar refractivity (Wildman–Crippen MR) is 79.2 cm³/mol. The summed E-state index contributed by atoms with van der Waals surface area (Å²) in [4.78, 5) is 11.3. The number of carbonyl (C=O) groups excluding carboxylic acids is 1. The fraction of sp³-hybridized carbons (Fsp3) is 0.688. The molecule has 0 aromatic carbocycles. The summed E-state index contributed by atoms with van der Waals surface area (Å²) in [5.74, 6) is 0.370. The highest BCUT2D eigenvalue weighted by Crippen LogP contribution is 2.20. The van der Waals surface area contributed by atoms with Gasteiger partial charge in [0.25, 0.3) is 0 Å². The molecule has 0 atom stereocenters. The fourth-order valence-electron chi connectivity index (χ4n) is 2.59. The number of hydrogen-bond acceptors (Lipinski definition) is 5. The molecule has 0 radical (unpaired) electrons. The van der Waals surface area contributed by atoms with E-state index in [0.29, 0.717) is 18.2 Å². The first kappa shape index (κ1) is 16.0. The number of methoxy groups -OCH3 is 1. The summed E-state index contributed by atoms with van der Waals surface area (Å²) < 4.78 is 15.8. The number of esters is 1. The van der Waals surface area contributed by atoms with Crippen molar-refractivity contribution < 1.29 is 18.7 Å². The highest BCUT2D eigenvalue weighted by molar-refractivity contribution is 5.88. The van der Waals surface area contributed by atoms with Gasteiger partial charge in [0.05, 0.1) is 25.3 Å². The van der Waals surface area contributed by atoms with Crippen LogP contribution in [0.25, 0.3) is 0 Å². The summed E-state index contributed by atoms with van der Waals surface area (Å²) in [7, 11) is 1.36. The van der Waals surface area contributed by atoms with Gasteiger partial charge in [-0.05, 0) is 31.9 Å². The zero-order valence-electron chi connectivity index (χ0n) is 12.7. The van der Waals surface area contributed by atoms with Crippen LogP contribution in [0.3, 0.4) is 0 Å². The molecule has 1 saturated carbocycles. The van der Waals surface area contributed by atoms with E-state index < -0.39 is 0 Å². The summed E-state index contributed by atoms with van der Waals surface area (Å²) in [6.45, 7) is 2.30. The molecule has 2 rings (SSSR count). The van der Waals surface area contributed by atoms with Gasteiger partial charge >= 0.3 is 5.97 Å². The first-order valence-corrected chi connectivity index (χ1v) is 7.77. The lowest BCUT2D eigenvalue weighted by atomic mass is 9.98. The lowest BCUT2D eigenvalue weighted by Crippen LogP contribution is -2.20.